The fourth-order valence-corrected chi connectivity index (χ4v) is 6.10. The predicted molar refractivity (Wildman–Crippen MR) is 169 cm³/mol. The number of para-hydroxylation sites is 1. The second-order valence-corrected chi connectivity index (χ2v) is 11.2. The van der Waals surface area contributed by atoms with Crippen molar-refractivity contribution < 1.29 is 23.8 Å². The van der Waals surface area contributed by atoms with Crippen molar-refractivity contribution in [3.63, 3.8) is 0 Å². The second kappa shape index (κ2) is 13.1. The smallest absolute Gasteiger partial charge is 0.335 e. The van der Waals surface area contributed by atoms with E-state index in [1.165, 1.54) is 6.07 Å². The lowest BCUT2D eigenvalue weighted by atomic mass is 9.88. The summed E-state index contributed by atoms with van der Waals surface area (Å²) in [5.41, 5.74) is 3.26. The maximum absolute atomic E-state index is 14.8. The molecule has 1 saturated heterocycles. The zero-order valence-corrected chi connectivity index (χ0v) is 26.1. The Morgan fingerprint density at radius 1 is 1.16 bits per heavy atom. The summed E-state index contributed by atoms with van der Waals surface area (Å²) in [6.45, 7) is 5.58. The number of aromatic carboxylic acids is 1. The van der Waals surface area contributed by atoms with E-state index >= 15 is 0 Å². The quantitative estimate of drug-likeness (QED) is 0.197. The molecule has 0 saturated carbocycles. The molecule has 43 heavy (non-hydrogen) atoms. The first-order valence-corrected chi connectivity index (χ1v) is 15.5. The number of carbonyl (C=O) groups is 1. The van der Waals surface area contributed by atoms with Crippen LogP contribution in [0.4, 0.5) is 4.39 Å². The molecule has 8 nitrogen and oxygen atoms in total. The third-order valence-corrected chi connectivity index (χ3v) is 8.32. The minimum atomic E-state index is -1.28. The van der Waals surface area contributed by atoms with Crippen LogP contribution in [0, 0.1) is 5.82 Å². The number of carboxylic acid groups (broad SMARTS) is 1. The number of rotatable bonds is 8. The maximum Gasteiger partial charge on any atom is 0.335 e. The van der Waals surface area contributed by atoms with Crippen LogP contribution in [0.2, 0.25) is 5.02 Å². The Hall–Kier alpha value is -3.31. The number of likely N-dealkylation sites (N-methyl/N-ethyl adjacent to an activating group) is 1. The first-order valence-electron chi connectivity index (χ1n) is 14.3. The van der Waals surface area contributed by atoms with E-state index < -0.39 is 17.6 Å². The van der Waals surface area contributed by atoms with Gasteiger partial charge in [-0.15, -0.1) is 0 Å². The Bertz CT molecular complexity index is 1620. The van der Waals surface area contributed by atoms with E-state index in [1.807, 2.05) is 19.2 Å². The van der Waals surface area contributed by atoms with Gasteiger partial charge in [0.1, 0.15) is 11.6 Å². The topological polar surface area (TPSA) is 88.9 Å². The highest BCUT2D eigenvalue weighted by Crippen LogP contribution is 2.49. The molecule has 1 aromatic heterocycles. The molecule has 0 amide bonds. The van der Waals surface area contributed by atoms with Gasteiger partial charge in [-0.1, -0.05) is 23.7 Å². The van der Waals surface area contributed by atoms with Crippen LogP contribution in [0.15, 0.2) is 54.6 Å². The van der Waals surface area contributed by atoms with Gasteiger partial charge in [-0.05, 0) is 87.6 Å². The largest absolute Gasteiger partial charge is 0.478 e. The van der Waals surface area contributed by atoms with E-state index in [-0.39, 0.29) is 11.5 Å². The van der Waals surface area contributed by atoms with Gasteiger partial charge in [0.25, 0.3) is 5.79 Å². The average molecular weight is 627 g/mol. The zero-order valence-electron chi connectivity index (χ0n) is 24.4. The second-order valence-electron chi connectivity index (χ2n) is 10.8. The fraction of sp³-hybridized carbons (Fsp3) is 0.375. The van der Waals surface area contributed by atoms with Gasteiger partial charge in [-0.3, -0.25) is 4.90 Å². The molecule has 6 rings (SSSR count). The van der Waals surface area contributed by atoms with Gasteiger partial charge in [0.2, 0.25) is 0 Å². The summed E-state index contributed by atoms with van der Waals surface area (Å²) in [5, 5.41) is 13.0. The molecule has 1 fully saturated rings. The van der Waals surface area contributed by atoms with Gasteiger partial charge < -0.3 is 24.5 Å². The Labute approximate surface area is 261 Å². The first-order chi connectivity index (χ1) is 20.8. The summed E-state index contributed by atoms with van der Waals surface area (Å²) in [6.07, 6.45) is 3.54. The van der Waals surface area contributed by atoms with Crippen molar-refractivity contribution in [1.29, 1.82) is 0 Å². The summed E-state index contributed by atoms with van der Waals surface area (Å²) >= 11 is 9.49. The molecule has 4 aromatic rings. The molecule has 11 heteroatoms. The summed E-state index contributed by atoms with van der Waals surface area (Å²) in [7, 11) is 1.90. The lowest BCUT2D eigenvalue weighted by Crippen LogP contribution is -2.34. The van der Waals surface area contributed by atoms with Crippen LogP contribution in [-0.4, -0.2) is 58.5 Å². The molecule has 0 spiro atoms. The number of hydrogen-bond donors (Lipinski definition) is 3. The summed E-state index contributed by atoms with van der Waals surface area (Å²) < 4.78 is 29.4. The van der Waals surface area contributed by atoms with Crippen molar-refractivity contribution >= 4 is 41.2 Å². The van der Waals surface area contributed by atoms with Gasteiger partial charge in [-0.2, -0.15) is 12.6 Å². The summed E-state index contributed by atoms with van der Waals surface area (Å²) in [5.74, 6) is -0.218. The molecule has 1 unspecified atom stereocenters. The fourth-order valence-electron chi connectivity index (χ4n) is 5.94. The average Bonchev–Trinajstić information content (AvgIpc) is 3.53. The van der Waals surface area contributed by atoms with Crippen LogP contribution in [0.3, 0.4) is 0 Å². The minimum Gasteiger partial charge on any atom is -0.478 e. The number of halogens is 2. The normalized spacial score (nSPS) is 18.5. The number of likely N-dealkylation sites (tertiary alicyclic amines) is 1. The van der Waals surface area contributed by atoms with Crippen LogP contribution >= 0.6 is 24.2 Å². The van der Waals surface area contributed by atoms with Gasteiger partial charge in [0.05, 0.1) is 28.7 Å². The maximum atomic E-state index is 14.8. The molecule has 2 aliphatic rings. The molecular weight excluding hydrogens is 591 g/mol. The van der Waals surface area contributed by atoms with E-state index in [2.05, 4.69) is 33.5 Å². The number of carboxylic acids is 1. The number of aromatic nitrogens is 2. The van der Waals surface area contributed by atoms with Crippen LogP contribution in [-0.2, 0) is 18.9 Å². The van der Waals surface area contributed by atoms with Crippen LogP contribution in [0.5, 0.6) is 11.5 Å². The monoisotopic (exact) mass is 626 g/mol. The molecule has 2 N–H and O–H groups in total. The predicted octanol–water partition coefficient (Wildman–Crippen LogP) is 6.32. The van der Waals surface area contributed by atoms with Crippen LogP contribution < -0.4 is 14.8 Å². The van der Waals surface area contributed by atoms with Gasteiger partial charge in [0, 0.05) is 30.6 Å². The molecule has 0 radical (unpaired) electrons. The highest BCUT2D eigenvalue weighted by molar-refractivity contribution is 7.79. The number of hydrogen-bond acceptors (Lipinski definition) is 7. The van der Waals surface area contributed by atoms with E-state index in [1.54, 1.807) is 43.5 Å². The number of fused-ring (bicyclic) bond motifs is 2. The van der Waals surface area contributed by atoms with Gasteiger partial charge >= 0.3 is 5.97 Å². The number of ether oxygens (including phenoxy) is 2. The summed E-state index contributed by atoms with van der Waals surface area (Å²) in [6, 6.07) is 15.5. The molecule has 1 atom stereocenters. The zero-order chi connectivity index (χ0) is 30.7. The van der Waals surface area contributed by atoms with E-state index in [0.717, 1.165) is 54.9 Å². The highest BCUT2D eigenvalue weighted by Gasteiger charge is 2.43. The standard InChI is InChI=1S/C31H32ClFN4O4.CH4S/c1-31(23-8-7-21(32)17-24(23)33)40-27-5-3-4-22(29(27)41-31)19-10-13-36(14-11-19)18-28-35-25-9-6-20(30(38)39)16-26(25)37(28)15-12-34-2;1-2/h3-9,16-17,19,34H,10-15,18H2,1-2H3,(H,38,39);2H,1H3. The molecule has 2 aliphatic heterocycles. The van der Waals surface area contributed by atoms with Gasteiger partial charge in [0.15, 0.2) is 11.5 Å². The van der Waals surface area contributed by atoms with E-state index in [9.17, 15) is 14.3 Å². The number of nitrogens with zero attached hydrogens (tertiary/aromatic N) is 3. The third kappa shape index (κ3) is 6.33. The lowest BCUT2D eigenvalue weighted by Gasteiger charge is -2.32. The number of nitrogens with one attached hydrogen (secondary N) is 1. The highest BCUT2D eigenvalue weighted by atomic mass is 35.5. The SMILES string of the molecule is CNCCn1c(CN2CCC(c3cccc4c3OC(C)(c3ccc(Cl)cc3F)O4)CC2)nc2ccc(C(=O)O)cc21.CS. The van der Waals surface area contributed by atoms with E-state index in [4.69, 9.17) is 26.1 Å². The van der Waals surface area contributed by atoms with E-state index in [0.29, 0.717) is 35.2 Å². The molecule has 3 aromatic carbocycles. The van der Waals surface area contributed by atoms with Crippen molar-refractivity contribution in [2.75, 3.05) is 32.9 Å². The van der Waals surface area contributed by atoms with Crippen molar-refractivity contribution in [2.45, 2.75) is 44.6 Å². The van der Waals surface area contributed by atoms with Crippen molar-refractivity contribution in [2.24, 2.45) is 0 Å². The van der Waals surface area contributed by atoms with Crippen LogP contribution in [0.25, 0.3) is 11.0 Å². The molecule has 3 heterocycles. The Morgan fingerprint density at radius 2 is 1.93 bits per heavy atom. The van der Waals surface area contributed by atoms with Crippen molar-refractivity contribution in [3.05, 3.63) is 88.0 Å². The minimum absolute atomic E-state index is 0.256. The first kappa shape index (κ1) is 31.1. The lowest BCUT2D eigenvalue weighted by molar-refractivity contribution is -0.0712. The van der Waals surface area contributed by atoms with Gasteiger partial charge in [-0.25, -0.2) is 14.2 Å². The number of thiol groups is 1. The molecule has 228 valence electrons. The van der Waals surface area contributed by atoms with Crippen molar-refractivity contribution in [3.8, 4) is 11.5 Å². The van der Waals surface area contributed by atoms with Crippen molar-refractivity contribution in [1.82, 2.24) is 19.8 Å². The molecule has 0 bridgehead atoms. The number of imidazole rings is 1. The third-order valence-electron chi connectivity index (χ3n) is 8.08. The van der Waals surface area contributed by atoms with Crippen LogP contribution in [0.1, 0.15) is 53.0 Å². The Morgan fingerprint density at radius 3 is 2.63 bits per heavy atom. The molecular formula is C32H36ClFN4O4S. The Balaban J connectivity index is 0.00000180. The molecule has 0 aliphatic carbocycles. The number of piperidine rings is 1. The number of benzene rings is 3. The Kier molecular flexibility index (Phi) is 9.51. The summed E-state index contributed by atoms with van der Waals surface area (Å²) in [4.78, 5) is 18.8.